The molecule has 0 aliphatic carbocycles. The van der Waals surface area contributed by atoms with Crippen LogP contribution in [0.15, 0.2) is 50.9 Å². The molecule has 2 aromatic rings. The molecule has 0 radical (unpaired) electrons. The molecule has 1 heterocycles. The second kappa shape index (κ2) is 9.65. The van der Waals surface area contributed by atoms with E-state index >= 15 is 0 Å². The largest absolute Gasteiger partial charge is 0.497 e. The van der Waals surface area contributed by atoms with E-state index in [0.29, 0.717) is 44.2 Å². The Balaban J connectivity index is 1.94. The van der Waals surface area contributed by atoms with Crippen molar-refractivity contribution in [2.45, 2.75) is 13.8 Å². The number of carbonyl (C=O) groups excluding carboxylic acids is 3. The van der Waals surface area contributed by atoms with Crippen LogP contribution >= 0.6 is 31.9 Å². The second-order valence-corrected chi connectivity index (χ2v) is 8.88. The maximum atomic E-state index is 13.0. The number of amides is 4. The lowest BCUT2D eigenvalue weighted by atomic mass is 10.1. The highest BCUT2D eigenvalue weighted by Crippen LogP contribution is 2.36. The molecule has 7 nitrogen and oxygen atoms in total. The number of rotatable bonds is 6. The van der Waals surface area contributed by atoms with Crippen molar-refractivity contribution in [3.8, 4) is 11.5 Å². The molecular formula is C22H20Br2N2O5. The molecule has 31 heavy (non-hydrogen) atoms. The number of halogens is 2. The third-order valence-electron chi connectivity index (χ3n) is 4.32. The molecule has 1 fully saturated rings. The molecule has 0 spiro atoms. The summed E-state index contributed by atoms with van der Waals surface area (Å²) < 4.78 is 12.2. The minimum atomic E-state index is -0.808. The number of nitrogens with one attached hydrogen (secondary N) is 1. The Labute approximate surface area is 196 Å². The van der Waals surface area contributed by atoms with Crippen LogP contribution in [0.4, 0.5) is 10.5 Å². The van der Waals surface area contributed by atoms with E-state index in [9.17, 15) is 14.4 Å². The number of hydrogen-bond acceptors (Lipinski definition) is 5. The Kier molecular flexibility index (Phi) is 7.17. The fraction of sp³-hybridized carbons (Fsp3) is 0.227. The summed E-state index contributed by atoms with van der Waals surface area (Å²) in [4.78, 5) is 38.7. The predicted molar refractivity (Wildman–Crippen MR) is 124 cm³/mol. The standard InChI is InChI=1S/C22H20Br2N2O5/c1-12(2)11-31-19-17(23)9-13(10-18(19)24)8-16-20(27)25-22(29)26(21(16)28)14-4-6-15(30-3)7-5-14/h4-10,12H,11H2,1-3H3,(H,25,27,29)/b16-8+. The molecule has 162 valence electrons. The van der Waals surface area contributed by atoms with Gasteiger partial charge in [-0.3, -0.25) is 14.9 Å². The Morgan fingerprint density at radius 2 is 1.68 bits per heavy atom. The lowest BCUT2D eigenvalue weighted by Crippen LogP contribution is -2.54. The highest BCUT2D eigenvalue weighted by molar-refractivity contribution is 9.11. The first-order chi connectivity index (χ1) is 14.7. The average Bonchev–Trinajstić information content (AvgIpc) is 2.70. The zero-order valence-electron chi connectivity index (χ0n) is 17.1. The Hall–Kier alpha value is -2.65. The molecule has 0 saturated carbocycles. The van der Waals surface area contributed by atoms with Crippen molar-refractivity contribution in [2.75, 3.05) is 18.6 Å². The van der Waals surface area contributed by atoms with E-state index in [4.69, 9.17) is 9.47 Å². The minimum absolute atomic E-state index is 0.162. The maximum Gasteiger partial charge on any atom is 0.335 e. The number of imide groups is 2. The molecule has 1 aliphatic heterocycles. The molecule has 0 atom stereocenters. The molecule has 3 rings (SSSR count). The van der Waals surface area contributed by atoms with Gasteiger partial charge in [-0.2, -0.15) is 0 Å². The van der Waals surface area contributed by atoms with Gasteiger partial charge in [-0.1, -0.05) is 13.8 Å². The van der Waals surface area contributed by atoms with E-state index in [1.807, 2.05) is 13.8 Å². The van der Waals surface area contributed by atoms with E-state index in [2.05, 4.69) is 37.2 Å². The number of barbiturate groups is 1. The summed E-state index contributed by atoms with van der Waals surface area (Å²) in [5.41, 5.74) is 0.740. The molecule has 0 unspecified atom stereocenters. The van der Waals surface area contributed by atoms with Crippen LogP contribution in [0.5, 0.6) is 11.5 Å². The van der Waals surface area contributed by atoms with Gasteiger partial charge in [0.2, 0.25) is 0 Å². The molecule has 2 aromatic carbocycles. The van der Waals surface area contributed by atoms with Gasteiger partial charge in [0, 0.05) is 0 Å². The smallest absolute Gasteiger partial charge is 0.335 e. The number of ether oxygens (including phenoxy) is 2. The van der Waals surface area contributed by atoms with Gasteiger partial charge in [0.1, 0.15) is 17.1 Å². The van der Waals surface area contributed by atoms with E-state index < -0.39 is 17.8 Å². The Morgan fingerprint density at radius 1 is 1.06 bits per heavy atom. The van der Waals surface area contributed by atoms with Crippen molar-refractivity contribution in [1.29, 1.82) is 0 Å². The van der Waals surface area contributed by atoms with Crippen molar-refractivity contribution in [3.05, 3.63) is 56.5 Å². The molecule has 4 amide bonds. The van der Waals surface area contributed by atoms with E-state index in [1.165, 1.54) is 13.2 Å². The average molecular weight is 552 g/mol. The lowest BCUT2D eigenvalue weighted by Gasteiger charge is -2.26. The molecular weight excluding hydrogens is 532 g/mol. The van der Waals surface area contributed by atoms with Crippen molar-refractivity contribution in [3.63, 3.8) is 0 Å². The SMILES string of the molecule is COc1ccc(N2C(=O)NC(=O)/C(=C\c3cc(Br)c(OCC(C)C)c(Br)c3)C2=O)cc1. The third kappa shape index (κ3) is 5.16. The summed E-state index contributed by atoms with van der Waals surface area (Å²) in [6, 6.07) is 9.05. The monoisotopic (exact) mass is 550 g/mol. The summed E-state index contributed by atoms with van der Waals surface area (Å²) >= 11 is 6.94. The summed E-state index contributed by atoms with van der Waals surface area (Å²) in [6.45, 7) is 4.63. The zero-order valence-corrected chi connectivity index (χ0v) is 20.2. The second-order valence-electron chi connectivity index (χ2n) is 7.17. The minimum Gasteiger partial charge on any atom is -0.497 e. The van der Waals surface area contributed by atoms with Crippen molar-refractivity contribution >= 4 is 61.5 Å². The van der Waals surface area contributed by atoms with Crippen LogP contribution in [-0.4, -0.2) is 31.6 Å². The maximum absolute atomic E-state index is 13.0. The number of nitrogens with zero attached hydrogens (tertiary/aromatic N) is 1. The lowest BCUT2D eigenvalue weighted by molar-refractivity contribution is -0.122. The summed E-state index contributed by atoms with van der Waals surface area (Å²) in [7, 11) is 1.52. The van der Waals surface area contributed by atoms with Gasteiger partial charge in [0.15, 0.2) is 0 Å². The number of urea groups is 1. The highest BCUT2D eigenvalue weighted by atomic mass is 79.9. The van der Waals surface area contributed by atoms with Crippen molar-refractivity contribution in [2.24, 2.45) is 5.92 Å². The summed E-state index contributed by atoms with van der Waals surface area (Å²) in [6.07, 6.45) is 1.43. The molecule has 9 heteroatoms. The van der Waals surface area contributed by atoms with Gasteiger partial charge in [0.05, 0.1) is 28.3 Å². The quantitative estimate of drug-likeness (QED) is 0.407. The van der Waals surface area contributed by atoms with Crippen LogP contribution in [0.2, 0.25) is 0 Å². The number of methoxy groups -OCH3 is 1. The van der Waals surface area contributed by atoms with E-state index in [-0.39, 0.29) is 5.57 Å². The molecule has 0 aromatic heterocycles. The van der Waals surface area contributed by atoms with Gasteiger partial charge in [-0.15, -0.1) is 0 Å². The van der Waals surface area contributed by atoms with Gasteiger partial charge in [0.25, 0.3) is 11.8 Å². The first kappa shape index (κ1) is 23.0. The van der Waals surface area contributed by atoms with Crippen LogP contribution < -0.4 is 19.7 Å². The van der Waals surface area contributed by atoms with Gasteiger partial charge < -0.3 is 9.47 Å². The molecule has 0 bridgehead atoms. The number of benzene rings is 2. The van der Waals surface area contributed by atoms with Crippen LogP contribution in [-0.2, 0) is 9.59 Å². The van der Waals surface area contributed by atoms with Crippen molar-refractivity contribution < 1.29 is 23.9 Å². The first-order valence-electron chi connectivity index (χ1n) is 9.38. The fourth-order valence-corrected chi connectivity index (χ4v) is 4.29. The first-order valence-corrected chi connectivity index (χ1v) is 11.0. The van der Waals surface area contributed by atoms with Crippen LogP contribution in [0.25, 0.3) is 6.08 Å². The van der Waals surface area contributed by atoms with E-state index in [0.717, 1.165) is 4.90 Å². The fourth-order valence-electron chi connectivity index (χ4n) is 2.84. The van der Waals surface area contributed by atoms with Gasteiger partial charge >= 0.3 is 6.03 Å². The number of carbonyl (C=O) groups is 3. The molecule has 1 aliphatic rings. The Bertz CT molecular complexity index is 1040. The summed E-state index contributed by atoms with van der Waals surface area (Å²) in [5, 5.41) is 2.21. The number of anilines is 1. The highest BCUT2D eigenvalue weighted by Gasteiger charge is 2.36. The Morgan fingerprint density at radius 3 is 2.23 bits per heavy atom. The van der Waals surface area contributed by atoms with Crippen LogP contribution in [0, 0.1) is 5.92 Å². The third-order valence-corrected chi connectivity index (χ3v) is 5.50. The van der Waals surface area contributed by atoms with Crippen LogP contribution in [0.1, 0.15) is 19.4 Å². The van der Waals surface area contributed by atoms with Gasteiger partial charge in [-0.05, 0) is 85.8 Å². The van der Waals surface area contributed by atoms with E-state index in [1.54, 1.807) is 36.4 Å². The molecule has 1 saturated heterocycles. The van der Waals surface area contributed by atoms with Crippen molar-refractivity contribution in [1.82, 2.24) is 5.32 Å². The summed E-state index contributed by atoms with van der Waals surface area (Å²) in [5.74, 6) is 0.0873. The number of hydrogen-bond donors (Lipinski definition) is 1. The zero-order chi connectivity index (χ0) is 22.7. The predicted octanol–water partition coefficient (Wildman–Crippen LogP) is 4.92. The topological polar surface area (TPSA) is 84.9 Å². The molecule has 1 N–H and O–H groups in total. The normalized spacial score (nSPS) is 15.5. The van der Waals surface area contributed by atoms with Gasteiger partial charge in [-0.25, -0.2) is 9.69 Å². The van der Waals surface area contributed by atoms with Crippen LogP contribution in [0.3, 0.4) is 0 Å².